The van der Waals surface area contributed by atoms with Crippen LogP contribution in [0.4, 0.5) is 0 Å². The Morgan fingerprint density at radius 1 is 0.781 bits per heavy atom. The van der Waals surface area contributed by atoms with E-state index in [4.69, 9.17) is 13.7 Å². The van der Waals surface area contributed by atoms with E-state index in [1.165, 1.54) is 40.7 Å². The maximum absolute atomic E-state index is 12.7. The molecule has 1 aromatic heterocycles. The number of hydrogen-bond acceptors (Lipinski definition) is 8. The van der Waals surface area contributed by atoms with E-state index in [9.17, 15) is 16.8 Å². The van der Waals surface area contributed by atoms with Gasteiger partial charge >= 0.3 is 10.1 Å². The number of benzene rings is 2. The van der Waals surface area contributed by atoms with Crippen molar-refractivity contribution >= 4 is 20.1 Å². The molecule has 0 bridgehead atoms. The first-order chi connectivity index (χ1) is 15.3. The summed E-state index contributed by atoms with van der Waals surface area (Å²) in [4.78, 5) is 3.90. The Balaban J connectivity index is 1.45. The van der Waals surface area contributed by atoms with Gasteiger partial charge in [0.05, 0.1) is 18.1 Å². The fourth-order valence-electron chi connectivity index (χ4n) is 2.98. The summed E-state index contributed by atoms with van der Waals surface area (Å²) in [7, 11) is -7.87. The van der Waals surface area contributed by atoms with Gasteiger partial charge in [-0.1, -0.05) is 6.07 Å². The van der Waals surface area contributed by atoms with E-state index in [2.05, 4.69) is 4.98 Å². The second kappa shape index (κ2) is 9.25. The highest BCUT2D eigenvalue weighted by molar-refractivity contribution is 7.89. The van der Waals surface area contributed by atoms with Crippen LogP contribution in [0, 0.1) is 0 Å². The van der Waals surface area contributed by atoms with E-state index < -0.39 is 20.1 Å². The van der Waals surface area contributed by atoms with E-state index in [-0.39, 0.29) is 28.6 Å². The van der Waals surface area contributed by atoms with Crippen LogP contribution in [0.2, 0.25) is 0 Å². The topological polar surface area (TPSA) is 112 Å². The number of rotatable bonds is 7. The van der Waals surface area contributed by atoms with Gasteiger partial charge in [-0.05, 0) is 54.6 Å². The molecule has 1 saturated heterocycles. The highest BCUT2D eigenvalue weighted by Crippen LogP contribution is 2.25. The molecule has 1 fully saturated rings. The summed E-state index contributed by atoms with van der Waals surface area (Å²) in [5.41, 5.74) is 0. The summed E-state index contributed by atoms with van der Waals surface area (Å²) in [6.45, 7) is 1.16. The van der Waals surface area contributed by atoms with Crippen LogP contribution in [0.15, 0.2) is 82.7 Å². The zero-order valence-corrected chi connectivity index (χ0v) is 18.5. The van der Waals surface area contributed by atoms with Crippen LogP contribution in [0.3, 0.4) is 0 Å². The van der Waals surface area contributed by atoms with Crippen molar-refractivity contribution < 1.29 is 30.5 Å². The lowest BCUT2D eigenvalue weighted by atomic mass is 10.3. The molecule has 0 atom stereocenters. The van der Waals surface area contributed by atoms with Crippen LogP contribution >= 0.6 is 0 Å². The number of morpholine rings is 1. The van der Waals surface area contributed by atoms with Crippen LogP contribution in [0.1, 0.15) is 0 Å². The molecule has 0 aliphatic carbocycles. The number of sulfonamides is 1. The van der Waals surface area contributed by atoms with Gasteiger partial charge < -0.3 is 13.7 Å². The molecular formula is C21H20N2O7S2. The number of ether oxygens (including phenoxy) is 2. The molecule has 0 radical (unpaired) electrons. The molecule has 0 N–H and O–H groups in total. The maximum Gasteiger partial charge on any atom is 0.339 e. The SMILES string of the molecule is O=S(=O)(Oc1ccc(Oc2ccccn2)cc1)c1ccc(S(=O)(=O)N2CCOCC2)cc1. The van der Waals surface area contributed by atoms with Crippen LogP contribution < -0.4 is 8.92 Å². The molecule has 0 saturated carbocycles. The van der Waals surface area contributed by atoms with Crippen molar-refractivity contribution in [3.63, 3.8) is 0 Å². The summed E-state index contributed by atoms with van der Waals surface area (Å²) in [6.07, 6.45) is 1.59. The highest BCUT2D eigenvalue weighted by Gasteiger charge is 2.27. The fraction of sp³-hybridized carbons (Fsp3) is 0.190. The Kier molecular flexibility index (Phi) is 6.42. The molecule has 3 aromatic rings. The van der Waals surface area contributed by atoms with Gasteiger partial charge in [-0.2, -0.15) is 12.7 Å². The van der Waals surface area contributed by atoms with Gasteiger partial charge in [-0.15, -0.1) is 0 Å². The molecule has 0 amide bonds. The minimum Gasteiger partial charge on any atom is -0.439 e. The van der Waals surface area contributed by atoms with Crippen molar-refractivity contribution in [3.8, 4) is 17.4 Å². The highest BCUT2D eigenvalue weighted by atomic mass is 32.2. The number of hydrogen-bond donors (Lipinski definition) is 0. The quantitative estimate of drug-likeness (QED) is 0.479. The first kappa shape index (κ1) is 22.2. The zero-order chi connectivity index (χ0) is 22.6. The molecule has 168 valence electrons. The molecule has 32 heavy (non-hydrogen) atoms. The van der Waals surface area contributed by atoms with Gasteiger partial charge in [-0.25, -0.2) is 13.4 Å². The molecule has 4 rings (SSSR count). The normalized spacial score (nSPS) is 15.2. The summed E-state index contributed by atoms with van der Waals surface area (Å²) in [5.74, 6) is 0.954. The van der Waals surface area contributed by atoms with Crippen LogP contribution in [0.5, 0.6) is 17.4 Å². The molecule has 1 aliphatic heterocycles. The van der Waals surface area contributed by atoms with Crippen LogP contribution in [0.25, 0.3) is 0 Å². The summed E-state index contributed by atoms with van der Waals surface area (Å²) >= 11 is 0. The van der Waals surface area contributed by atoms with Crippen LogP contribution in [-0.2, 0) is 24.9 Å². The first-order valence-corrected chi connectivity index (χ1v) is 12.5. The van der Waals surface area contributed by atoms with Gasteiger partial charge in [0.1, 0.15) is 16.4 Å². The van der Waals surface area contributed by atoms with Crippen molar-refractivity contribution in [2.75, 3.05) is 26.3 Å². The average Bonchev–Trinajstić information content (AvgIpc) is 2.81. The smallest absolute Gasteiger partial charge is 0.339 e. The molecular weight excluding hydrogens is 456 g/mol. The molecule has 0 unspecified atom stereocenters. The predicted molar refractivity (Wildman–Crippen MR) is 115 cm³/mol. The summed E-state index contributed by atoms with van der Waals surface area (Å²) < 4.78 is 67.8. The van der Waals surface area contributed by atoms with E-state index >= 15 is 0 Å². The number of pyridine rings is 1. The van der Waals surface area contributed by atoms with Crippen LogP contribution in [-0.4, -0.2) is 52.4 Å². The van der Waals surface area contributed by atoms with Gasteiger partial charge in [0.25, 0.3) is 0 Å². The van der Waals surface area contributed by atoms with Gasteiger partial charge in [-0.3, -0.25) is 0 Å². The molecule has 2 heterocycles. The molecule has 0 spiro atoms. The third kappa shape index (κ3) is 5.07. The summed E-state index contributed by atoms with van der Waals surface area (Å²) in [6, 6.07) is 16.2. The molecule has 9 nitrogen and oxygen atoms in total. The van der Waals surface area contributed by atoms with E-state index in [0.717, 1.165) is 0 Å². The lowest BCUT2D eigenvalue weighted by molar-refractivity contribution is 0.0730. The van der Waals surface area contributed by atoms with Crippen molar-refractivity contribution in [2.24, 2.45) is 0 Å². The van der Waals surface area contributed by atoms with Crippen molar-refractivity contribution in [1.82, 2.24) is 9.29 Å². The Bertz CT molecular complexity index is 1260. The largest absolute Gasteiger partial charge is 0.439 e. The Morgan fingerprint density at radius 3 is 2.03 bits per heavy atom. The van der Waals surface area contributed by atoms with E-state index in [1.54, 1.807) is 36.5 Å². The molecule has 1 aliphatic rings. The average molecular weight is 477 g/mol. The first-order valence-electron chi connectivity index (χ1n) is 9.66. The summed E-state index contributed by atoms with van der Waals surface area (Å²) in [5, 5.41) is 0. The number of nitrogens with zero attached hydrogens (tertiary/aromatic N) is 2. The second-order valence-electron chi connectivity index (χ2n) is 6.77. The van der Waals surface area contributed by atoms with E-state index in [0.29, 0.717) is 24.8 Å². The monoisotopic (exact) mass is 476 g/mol. The lowest BCUT2D eigenvalue weighted by Gasteiger charge is -2.26. The van der Waals surface area contributed by atoms with Gasteiger partial charge in [0.15, 0.2) is 0 Å². The van der Waals surface area contributed by atoms with Crippen molar-refractivity contribution in [2.45, 2.75) is 9.79 Å². The Labute approximate surface area is 186 Å². The second-order valence-corrected chi connectivity index (χ2v) is 10.3. The minimum atomic E-state index is -4.15. The Morgan fingerprint density at radius 2 is 1.41 bits per heavy atom. The van der Waals surface area contributed by atoms with Gasteiger partial charge in [0.2, 0.25) is 15.9 Å². The third-order valence-electron chi connectivity index (χ3n) is 4.61. The van der Waals surface area contributed by atoms with E-state index in [1.807, 2.05) is 0 Å². The van der Waals surface area contributed by atoms with Crippen molar-refractivity contribution in [3.05, 3.63) is 72.9 Å². The number of aromatic nitrogens is 1. The third-order valence-corrected chi connectivity index (χ3v) is 7.78. The standard InChI is InChI=1S/C21H20N2O7S2/c24-31(25,23-13-15-28-16-14-23)19-8-10-20(11-9-19)32(26,27)30-18-6-4-17(5-7-18)29-21-3-1-2-12-22-21/h1-12H,13-16H2. The van der Waals surface area contributed by atoms with Gasteiger partial charge in [0, 0.05) is 25.4 Å². The van der Waals surface area contributed by atoms with Crippen molar-refractivity contribution in [1.29, 1.82) is 0 Å². The lowest BCUT2D eigenvalue weighted by Crippen LogP contribution is -2.40. The molecule has 2 aromatic carbocycles. The fourth-order valence-corrected chi connectivity index (χ4v) is 5.32. The predicted octanol–water partition coefficient (Wildman–Crippen LogP) is 2.66. The Hall–Kier alpha value is -2.99. The molecule has 11 heteroatoms. The minimum absolute atomic E-state index is 0.00868. The maximum atomic E-state index is 12.7. The zero-order valence-electron chi connectivity index (χ0n) is 16.8.